The first-order valence-corrected chi connectivity index (χ1v) is 6.30. The molecule has 0 radical (unpaired) electrons. The van der Waals surface area contributed by atoms with Crippen molar-refractivity contribution < 1.29 is 0 Å². The van der Waals surface area contributed by atoms with Gasteiger partial charge in [-0.15, -0.1) is 0 Å². The Kier molecular flexibility index (Phi) is 5.05. The fourth-order valence-corrected chi connectivity index (χ4v) is 2.15. The molecule has 4 heteroatoms. The van der Waals surface area contributed by atoms with Gasteiger partial charge in [-0.25, -0.2) is 9.97 Å². The highest BCUT2D eigenvalue weighted by molar-refractivity contribution is 7.99. The Morgan fingerprint density at radius 2 is 2.27 bits per heavy atom. The number of rotatable bonds is 5. The lowest BCUT2D eigenvalue weighted by Gasteiger charge is -2.16. The second-order valence-electron chi connectivity index (χ2n) is 3.84. The summed E-state index contributed by atoms with van der Waals surface area (Å²) in [4.78, 5) is 8.52. The van der Waals surface area contributed by atoms with Gasteiger partial charge in [-0.3, -0.25) is 0 Å². The molecule has 15 heavy (non-hydrogen) atoms. The minimum absolute atomic E-state index is 0.226. The number of hydrogen-bond acceptors (Lipinski definition) is 4. The molecule has 0 aliphatic carbocycles. The molecule has 0 aliphatic heterocycles. The number of aromatic nitrogens is 2. The molecule has 0 saturated heterocycles. The van der Waals surface area contributed by atoms with Gasteiger partial charge in [0.2, 0.25) is 0 Å². The Bertz CT molecular complexity index is 304. The average Bonchev–Trinajstić information content (AvgIpc) is 2.25. The van der Waals surface area contributed by atoms with Crippen LogP contribution in [0.3, 0.4) is 0 Å². The van der Waals surface area contributed by atoms with Crippen molar-refractivity contribution >= 4 is 11.8 Å². The van der Waals surface area contributed by atoms with E-state index in [1.165, 1.54) is 0 Å². The average molecular weight is 225 g/mol. The van der Waals surface area contributed by atoms with Gasteiger partial charge in [-0.05, 0) is 18.9 Å². The maximum atomic E-state index is 6.04. The largest absolute Gasteiger partial charge is 0.327 e. The van der Waals surface area contributed by atoms with Crippen molar-refractivity contribution in [1.29, 1.82) is 0 Å². The van der Waals surface area contributed by atoms with Crippen LogP contribution in [0.4, 0.5) is 0 Å². The molecule has 0 aromatic carbocycles. The Hall–Kier alpha value is -0.610. The lowest BCUT2D eigenvalue weighted by molar-refractivity contribution is 0.475. The summed E-state index contributed by atoms with van der Waals surface area (Å²) in [7, 11) is 0. The summed E-state index contributed by atoms with van der Waals surface area (Å²) < 4.78 is 0. The molecule has 0 amide bonds. The van der Waals surface area contributed by atoms with Crippen LogP contribution in [0, 0.1) is 12.8 Å². The molecule has 3 nitrogen and oxygen atoms in total. The standard InChI is InChI=1S/C11H19N3S/c1-4-8(2)10(12)7-15-11-13-6-5-9(3)14-11/h5-6,8,10H,4,7,12H2,1-3H3. The van der Waals surface area contributed by atoms with Gasteiger partial charge in [0.15, 0.2) is 5.16 Å². The summed E-state index contributed by atoms with van der Waals surface area (Å²) in [5.41, 5.74) is 7.04. The highest BCUT2D eigenvalue weighted by Gasteiger charge is 2.11. The molecule has 0 spiro atoms. The normalized spacial score (nSPS) is 14.9. The van der Waals surface area contributed by atoms with E-state index in [1.807, 2.05) is 13.0 Å². The lowest BCUT2D eigenvalue weighted by Crippen LogP contribution is -2.30. The first-order valence-electron chi connectivity index (χ1n) is 5.31. The van der Waals surface area contributed by atoms with Crippen LogP contribution < -0.4 is 5.73 Å². The fraction of sp³-hybridized carbons (Fsp3) is 0.636. The van der Waals surface area contributed by atoms with Gasteiger partial charge >= 0.3 is 0 Å². The summed E-state index contributed by atoms with van der Waals surface area (Å²) in [6.07, 6.45) is 2.91. The van der Waals surface area contributed by atoms with Crippen molar-refractivity contribution in [3.05, 3.63) is 18.0 Å². The van der Waals surface area contributed by atoms with Gasteiger partial charge in [-0.2, -0.15) is 0 Å². The van der Waals surface area contributed by atoms with Crippen molar-refractivity contribution in [2.45, 2.75) is 38.4 Å². The second kappa shape index (κ2) is 6.08. The Morgan fingerprint density at radius 3 is 2.87 bits per heavy atom. The van der Waals surface area contributed by atoms with Crippen molar-refractivity contribution in [3.8, 4) is 0 Å². The number of nitrogens with zero attached hydrogens (tertiary/aromatic N) is 2. The maximum Gasteiger partial charge on any atom is 0.187 e. The van der Waals surface area contributed by atoms with Gasteiger partial charge in [0.05, 0.1) is 0 Å². The van der Waals surface area contributed by atoms with Gasteiger partial charge in [0.25, 0.3) is 0 Å². The van der Waals surface area contributed by atoms with Gasteiger partial charge in [-0.1, -0.05) is 32.0 Å². The zero-order chi connectivity index (χ0) is 11.3. The summed E-state index contributed by atoms with van der Waals surface area (Å²) in [6, 6.07) is 2.13. The predicted molar refractivity (Wildman–Crippen MR) is 64.9 cm³/mol. The molecular weight excluding hydrogens is 206 g/mol. The van der Waals surface area contributed by atoms with Gasteiger partial charge < -0.3 is 5.73 Å². The molecule has 0 aliphatic rings. The van der Waals surface area contributed by atoms with Crippen molar-refractivity contribution in [3.63, 3.8) is 0 Å². The molecule has 1 heterocycles. The molecule has 0 bridgehead atoms. The van der Waals surface area contributed by atoms with Crippen LogP contribution in [0.15, 0.2) is 17.4 Å². The SMILES string of the molecule is CCC(C)C(N)CSc1nccc(C)n1. The van der Waals surface area contributed by atoms with Crippen molar-refractivity contribution in [2.24, 2.45) is 11.7 Å². The quantitative estimate of drug-likeness (QED) is 0.617. The summed E-state index contributed by atoms with van der Waals surface area (Å²) >= 11 is 1.64. The van der Waals surface area contributed by atoms with Crippen LogP contribution in [-0.2, 0) is 0 Å². The van der Waals surface area contributed by atoms with E-state index >= 15 is 0 Å². The minimum Gasteiger partial charge on any atom is -0.327 e. The van der Waals surface area contributed by atoms with E-state index < -0.39 is 0 Å². The molecule has 2 atom stereocenters. The van der Waals surface area contributed by atoms with Crippen LogP contribution in [0.2, 0.25) is 0 Å². The lowest BCUT2D eigenvalue weighted by atomic mass is 10.0. The molecular formula is C11H19N3S. The molecule has 1 aromatic rings. The fourth-order valence-electron chi connectivity index (χ4n) is 1.13. The van der Waals surface area contributed by atoms with E-state index in [9.17, 15) is 0 Å². The number of hydrogen-bond donors (Lipinski definition) is 1. The monoisotopic (exact) mass is 225 g/mol. The first kappa shape index (κ1) is 12.5. The Labute approximate surface area is 95.9 Å². The summed E-state index contributed by atoms with van der Waals surface area (Å²) in [6.45, 7) is 6.32. The smallest absolute Gasteiger partial charge is 0.187 e. The highest BCUT2D eigenvalue weighted by Crippen LogP contribution is 2.17. The van der Waals surface area contributed by atoms with Crippen LogP contribution in [0.1, 0.15) is 26.0 Å². The Balaban J connectivity index is 2.43. The maximum absolute atomic E-state index is 6.04. The predicted octanol–water partition coefficient (Wildman–Crippen LogP) is 2.25. The van der Waals surface area contributed by atoms with E-state index in [0.717, 1.165) is 23.0 Å². The highest BCUT2D eigenvalue weighted by atomic mass is 32.2. The third kappa shape index (κ3) is 4.18. The molecule has 84 valence electrons. The van der Waals surface area contributed by atoms with Gasteiger partial charge in [0, 0.05) is 23.7 Å². The third-order valence-corrected chi connectivity index (χ3v) is 3.56. The molecule has 0 saturated carbocycles. The van der Waals surface area contributed by atoms with Gasteiger partial charge in [0.1, 0.15) is 0 Å². The molecule has 1 aromatic heterocycles. The van der Waals surface area contributed by atoms with Crippen LogP contribution in [0.5, 0.6) is 0 Å². The van der Waals surface area contributed by atoms with E-state index in [4.69, 9.17) is 5.73 Å². The molecule has 1 rings (SSSR count). The van der Waals surface area contributed by atoms with Crippen LogP contribution in [-0.4, -0.2) is 21.8 Å². The van der Waals surface area contributed by atoms with E-state index in [0.29, 0.717) is 5.92 Å². The number of thioether (sulfide) groups is 1. The van der Waals surface area contributed by atoms with Crippen molar-refractivity contribution in [2.75, 3.05) is 5.75 Å². The topological polar surface area (TPSA) is 51.8 Å². The second-order valence-corrected chi connectivity index (χ2v) is 4.83. The molecule has 2 N–H and O–H groups in total. The van der Waals surface area contributed by atoms with E-state index in [2.05, 4.69) is 23.8 Å². The third-order valence-electron chi connectivity index (χ3n) is 2.55. The Morgan fingerprint density at radius 1 is 1.53 bits per heavy atom. The minimum atomic E-state index is 0.226. The molecule has 2 unspecified atom stereocenters. The van der Waals surface area contributed by atoms with Crippen LogP contribution >= 0.6 is 11.8 Å². The summed E-state index contributed by atoms with van der Waals surface area (Å²) in [5.74, 6) is 1.45. The van der Waals surface area contributed by atoms with Crippen molar-refractivity contribution in [1.82, 2.24) is 9.97 Å². The van der Waals surface area contributed by atoms with E-state index in [1.54, 1.807) is 18.0 Å². The molecule has 0 fully saturated rings. The zero-order valence-corrected chi connectivity index (χ0v) is 10.4. The number of aryl methyl sites for hydroxylation is 1. The number of nitrogens with two attached hydrogens (primary N) is 1. The first-order chi connectivity index (χ1) is 7.13. The van der Waals surface area contributed by atoms with E-state index in [-0.39, 0.29) is 6.04 Å². The summed E-state index contributed by atoms with van der Waals surface area (Å²) in [5, 5.41) is 0.828. The zero-order valence-electron chi connectivity index (χ0n) is 9.60. The van der Waals surface area contributed by atoms with Crippen LogP contribution in [0.25, 0.3) is 0 Å².